The van der Waals surface area contributed by atoms with Crippen molar-refractivity contribution in [2.24, 2.45) is 5.92 Å². The van der Waals surface area contributed by atoms with Gasteiger partial charge in [-0.2, -0.15) is 0 Å². The normalized spacial score (nSPS) is 16.2. The summed E-state index contributed by atoms with van der Waals surface area (Å²) in [4.78, 5) is 2.46. The molecule has 1 fully saturated rings. The van der Waals surface area contributed by atoms with Crippen LogP contribution in [-0.2, 0) is 0 Å². The highest BCUT2D eigenvalue weighted by atomic mass is 32.1. The molecular formula is C21H26FN3S. The molecule has 2 N–H and O–H groups in total. The van der Waals surface area contributed by atoms with Gasteiger partial charge in [0, 0.05) is 24.5 Å². The lowest BCUT2D eigenvalue weighted by molar-refractivity contribution is 0.438. The number of thiocarbonyl (C=S) groups is 1. The third-order valence-electron chi connectivity index (χ3n) is 4.97. The lowest BCUT2D eigenvalue weighted by Crippen LogP contribution is -2.33. The van der Waals surface area contributed by atoms with E-state index in [1.807, 2.05) is 0 Å². The van der Waals surface area contributed by atoms with E-state index in [9.17, 15) is 4.39 Å². The van der Waals surface area contributed by atoms with Crippen LogP contribution in [0.5, 0.6) is 0 Å². The third kappa shape index (κ3) is 4.94. The molecule has 0 bridgehead atoms. The molecule has 0 amide bonds. The molecule has 0 unspecified atom stereocenters. The largest absolute Gasteiger partial charge is 0.372 e. The lowest BCUT2D eigenvalue weighted by Gasteiger charge is -2.32. The zero-order valence-corrected chi connectivity index (χ0v) is 16.2. The van der Waals surface area contributed by atoms with Crippen molar-refractivity contribution in [3.8, 4) is 0 Å². The molecule has 0 aromatic heterocycles. The molecule has 3 nitrogen and oxygen atoms in total. The van der Waals surface area contributed by atoms with Crippen LogP contribution in [0.2, 0.25) is 0 Å². The molecule has 0 aliphatic carbocycles. The Kier molecular flexibility index (Phi) is 6.09. The van der Waals surface area contributed by atoms with Crippen molar-refractivity contribution in [2.45, 2.75) is 32.7 Å². The highest BCUT2D eigenvalue weighted by Gasteiger charge is 2.16. The minimum atomic E-state index is -0.284. The Morgan fingerprint density at radius 3 is 2.50 bits per heavy atom. The second kappa shape index (κ2) is 8.49. The van der Waals surface area contributed by atoms with Crippen LogP contribution in [0.3, 0.4) is 0 Å². The Balaban J connectivity index is 1.56. The number of halogens is 1. The number of nitrogens with zero attached hydrogens (tertiary/aromatic N) is 1. The molecule has 2 aromatic carbocycles. The fraction of sp³-hybridized carbons (Fsp3) is 0.381. The van der Waals surface area contributed by atoms with Crippen molar-refractivity contribution in [2.75, 3.05) is 23.3 Å². The van der Waals surface area contributed by atoms with E-state index in [4.69, 9.17) is 12.2 Å². The third-order valence-corrected chi connectivity index (χ3v) is 5.19. The van der Waals surface area contributed by atoms with E-state index in [1.54, 1.807) is 12.1 Å². The SMILES string of the molecule is CC1CCN(c2ccc([C@H](C)NC(=S)Nc3cccc(F)c3)cc2)CC1. The second-order valence-corrected chi connectivity index (χ2v) is 7.50. The van der Waals surface area contributed by atoms with Crippen molar-refractivity contribution < 1.29 is 4.39 Å². The van der Waals surface area contributed by atoms with E-state index in [0.29, 0.717) is 10.8 Å². The van der Waals surface area contributed by atoms with Gasteiger partial charge in [-0.25, -0.2) is 4.39 Å². The Bertz CT molecular complexity index is 739. The summed E-state index contributed by atoms with van der Waals surface area (Å²) in [6.45, 7) is 6.66. The van der Waals surface area contributed by atoms with Crippen LogP contribution in [0.1, 0.15) is 38.3 Å². The van der Waals surface area contributed by atoms with Crippen LogP contribution < -0.4 is 15.5 Å². The maximum Gasteiger partial charge on any atom is 0.171 e. The number of anilines is 2. The molecule has 3 rings (SSSR count). The summed E-state index contributed by atoms with van der Waals surface area (Å²) >= 11 is 5.34. The fourth-order valence-corrected chi connectivity index (χ4v) is 3.55. The molecule has 1 heterocycles. The predicted molar refractivity (Wildman–Crippen MR) is 111 cm³/mol. The van der Waals surface area contributed by atoms with Crippen LogP contribution in [0.4, 0.5) is 15.8 Å². The molecule has 1 atom stereocenters. The number of nitrogens with one attached hydrogen (secondary N) is 2. The standard InChI is InChI=1S/C21H26FN3S/c1-15-10-12-25(13-11-15)20-8-6-17(7-9-20)16(2)23-21(26)24-19-5-3-4-18(22)14-19/h3-9,14-16H,10-13H2,1-2H3,(H2,23,24,26)/t16-/m0/s1. The summed E-state index contributed by atoms with van der Waals surface area (Å²) < 4.78 is 13.3. The summed E-state index contributed by atoms with van der Waals surface area (Å²) in [6, 6.07) is 15.0. The Morgan fingerprint density at radius 1 is 1.15 bits per heavy atom. The van der Waals surface area contributed by atoms with Gasteiger partial charge in [0.1, 0.15) is 5.82 Å². The van der Waals surface area contributed by atoms with Gasteiger partial charge in [-0.3, -0.25) is 0 Å². The van der Waals surface area contributed by atoms with Gasteiger partial charge in [-0.1, -0.05) is 25.1 Å². The Morgan fingerprint density at radius 2 is 1.85 bits per heavy atom. The number of rotatable bonds is 4. The first-order chi connectivity index (χ1) is 12.5. The number of benzene rings is 2. The molecule has 0 spiro atoms. The molecule has 2 aromatic rings. The summed E-state index contributed by atoms with van der Waals surface area (Å²) in [5, 5.41) is 6.76. The van der Waals surface area contributed by atoms with Gasteiger partial charge < -0.3 is 15.5 Å². The summed E-state index contributed by atoms with van der Waals surface area (Å²) in [6.07, 6.45) is 2.53. The van der Waals surface area contributed by atoms with E-state index in [0.717, 1.165) is 19.0 Å². The summed E-state index contributed by atoms with van der Waals surface area (Å²) in [5.41, 5.74) is 3.10. The monoisotopic (exact) mass is 371 g/mol. The summed E-state index contributed by atoms with van der Waals surface area (Å²) in [7, 11) is 0. The zero-order chi connectivity index (χ0) is 18.5. The molecule has 1 saturated heterocycles. The molecule has 138 valence electrons. The predicted octanol–water partition coefficient (Wildman–Crippen LogP) is 5.11. The smallest absolute Gasteiger partial charge is 0.171 e. The van der Waals surface area contributed by atoms with E-state index >= 15 is 0 Å². The topological polar surface area (TPSA) is 27.3 Å². The van der Waals surface area contributed by atoms with Gasteiger partial charge in [-0.05, 0) is 73.8 Å². The van der Waals surface area contributed by atoms with Gasteiger partial charge >= 0.3 is 0 Å². The second-order valence-electron chi connectivity index (χ2n) is 7.09. The van der Waals surface area contributed by atoms with Crippen molar-refractivity contribution in [3.05, 3.63) is 59.9 Å². The highest BCUT2D eigenvalue weighted by Crippen LogP contribution is 2.24. The Labute approximate surface area is 160 Å². The van der Waals surface area contributed by atoms with Crippen LogP contribution in [0.25, 0.3) is 0 Å². The quantitative estimate of drug-likeness (QED) is 0.731. The molecule has 1 aliphatic heterocycles. The fourth-order valence-electron chi connectivity index (χ4n) is 3.25. The minimum Gasteiger partial charge on any atom is -0.372 e. The molecular weight excluding hydrogens is 345 g/mol. The van der Waals surface area contributed by atoms with Gasteiger partial charge in [0.2, 0.25) is 0 Å². The number of hydrogen-bond donors (Lipinski definition) is 2. The first kappa shape index (κ1) is 18.6. The average Bonchev–Trinajstić information content (AvgIpc) is 2.62. The first-order valence-electron chi connectivity index (χ1n) is 9.19. The van der Waals surface area contributed by atoms with E-state index in [2.05, 4.69) is 53.6 Å². The molecule has 26 heavy (non-hydrogen) atoms. The van der Waals surface area contributed by atoms with Crippen molar-refractivity contribution in [1.29, 1.82) is 0 Å². The van der Waals surface area contributed by atoms with Gasteiger partial charge in [0.15, 0.2) is 5.11 Å². The van der Waals surface area contributed by atoms with E-state index in [-0.39, 0.29) is 11.9 Å². The van der Waals surface area contributed by atoms with Crippen molar-refractivity contribution in [3.63, 3.8) is 0 Å². The number of piperidine rings is 1. The Hall–Kier alpha value is -2.14. The average molecular weight is 372 g/mol. The first-order valence-corrected chi connectivity index (χ1v) is 9.60. The molecule has 0 saturated carbocycles. The van der Waals surface area contributed by atoms with Gasteiger partial charge in [0.05, 0.1) is 6.04 Å². The lowest BCUT2D eigenvalue weighted by atomic mass is 9.98. The molecule has 1 aliphatic rings. The van der Waals surface area contributed by atoms with Crippen LogP contribution in [0, 0.1) is 11.7 Å². The summed E-state index contributed by atoms with van der Waals surface area (Å²) in [5.74, 6) is 0.551. The molecule has 0 radical (unpaired) electrons. The van der Waals surface area contributed by atoms with Crippen LogP contribution in [0.15, 0.2) is 48.5 Å². The van der Waals surface area contributed by atoms with Crippen LogP contribution >= 0.6 is 12.2 Å². The maximum atomic E-state index is 13.3. The van der Waals surface area contributed by atoms with Crippen LogP contribution in [-0.4, -0.2) is 18.2 Å². The maximum absolute atomic E-state index is 13.3. The van der Waals surface area contributed by atoms with Crippen molar-refractivity contribution in [1.82, 2.24) is 5.32 Å². The van der Waals surface area contributed by atoms with Gasteiger partial charge in [-0.15, -0.1) is 0 Å². The highest BCUT2D eigenvalue weighted by molar-refractivity contribution is 7.80. The molecule has 5 heteroatoms. The zero-order valence-electron chi connectivity index (χ0n) is 15.3. The minimum absolute atomic E-state index is 0.0685. The number of hydrogen-bond acceptors (Lipinski definition) is 2. The van der Waals surface area contributed by atoms with Gasteiger partial charge in [0.25, 0.3) is 0 Å². The van der Waals surface area contributed by atoms with E-state index < -0.39 is 0 Å². The van der Waals surface area contributed by atoms with Crippen molar-refractivity contribution >= 4 is 28.7 Å². The van der Waals surface area contributed by atoms with E-state index in [1.165, 1.54) is 36.2 Å².